The molecule has 2 N–H and O–H groups in total. The Kier molecular flexibility index (Phi) is 9.53. The van der Waals surface area contributed by atoms with Gasteiger partial charge in [-0.05, 0) is 46.5 Å². The maximum absolute atomic E-state index is 12.4. The summed E-state index contributed by atoms with van der Waals surface area (Å²) in [6.45, 7) is 2.26. The van der Waals surface area contributed by atoms with Crippen molar-refractivity contribution in [3.05, 3.63) is 46.5 Å². The van der Waals surface area contributed by atoms with Crippen LogP contribution in [0.4, 0.5) is 0 Å². The van der Waals surface area contributed by atoms with Gasteiger partial charge in [-0.3, -0.25) is 19.2 Å². The first kappa shape index (κ1) is 29.5. The topological polar surface area (TPSA) is 152 Å². The third-order valence-electron chi connectivity index (χ3n) is 7.03. The number of carboxylic acid groups (broad SMARTS) is 2. The van der Waals surface area contributed by atoms with E-state index in [1.165, 1.54) is 0 Å². The Morgan fingerprint density at radius 1 is 0.610 bits per heavy atom. The third kappa shape index (κ3) is 7.38. The molecule has 12 nitrogen and oxygen atoms in total. The van der Waals surface area contributed by atoms with E-state index in [9.17, 15) is 19.2 Å². The summed E-state index contributed by atoms with van der Waals surface area (Å²) < 4.78 is 22.9. The van der Waals surface area contributed by atoms with Gasteiger partial charge in [0.1, 0.15) is 0 Å². The van der Waals surface area contributed by atoms with Gasteiger partial charge in [0.05, 0.1) is 40.3 Å². The van der Waals surface area contributed by atoms with Crippen LogP contribution in [0.3, 0.4) is 0 Å². The normalized spacial score (nSPS) is 13.4. The molecule has 0 atom stereocenters. The van der Waals surface area contributed by atoms with Gasteiger partial charge in [-0.1, -0.05) is 0 Å². The number of amides is 2. The monoisotopic (exact) mass is 570 g/mol. The van der Waals surface area contributed by atoms with Crippen LogP contribution in [0.25, 0.3) is 0 Å². The number of carbonyl (C=O) groups excluding carboxylic acids is 2. The number of carbonyl (C=O) groups is 4. The number of benzene rings is 2. The number of ether oxygens (including phenoxy) is 4. The summed E-state index contributed by atoms with van der Waals surface area (Å²) >= 11 is 0. The summed E-state index contributed by atoms with van der Waals surface area (Å²) in [6.07, 6.45) is 0.0784. The van der Waals surface area contributed by atoms with Gasteiger partial charge in [-0.15, -0.1) is 0 Å². The molecule has 0 fully saturated rings. The summed E-state index contributed by atoms with van der Waals surface area (Å²) in [7, 11) is 3.09. The Morgan fingerprint density at radius 3 is 1.27 bits per heavy atom. The molecular formula is C29H34N2O10. The predicted octanol–water partition coefficient (Wildman–Crippen LogP) is 2.97. The Labute approximate surface area is 237 Å². The Hall–Kier alpha value is -4.48. The van der Waals surface area contributed by atoms with Crippen LogP contribution in [0.15, 0.2) is 24.3 Å². The summed E-state index contributed by atoms with van der Waals surface area (Å²) in [6, 6.07) is 7.40. The molecule has 0 radical (unpaired) electrons. The molecule has 0 saturated carbocycles. The van der Waals surface area contributed by atoms with Crippen LogP contribution in [0, 0.1) is 0 Å². The first-order chi connectivity index (χ1) is 19.7. The van der Waals surface area contributed by atoms with Gasteiger partial charge in [0.25, 0.3) is 0 Å². The Bertz CT molecular complexity index is 1230. The highest BCUT2D eigenvalue weighted by Crippen LogP contribution is 2.37. The van der Waals surface area contributed by atoms with Crippen LogP contribution >= 0.6 is 0 Å². The minimum Gasteiger partial charge on any atom is -0.493 e. The lowest BCUT2D eigenvalue weighted by molar-refractivity contribution is -0.141. The van der Waals surface area contributed by atoms with Crippen LogP contribution < -0.4 is 18.9 Å². The number of rotatable bonds is 14. The maximum Gasteiger partial charge on any atom is 0.303 e. The minimum atomic E-state index is -1.00. The molecule has 0 aromatic heterocycles. The SMILES string of the molecule is COc1cc2c(cc1OCCCOc1cc3c(cc1OC)CN(C(=O)CCC(=O)O)C3)CN(C(=O)CCC(=O)O)C2. The highest BCUT2D eigenvalue weighted by Gasteiger charge is 2.27. The van der Waals surface area contributed by atoms with Crippen molar-refractivity contribution in [2.45, 2.75) is 58.3 Å². The molecule has 2 aliphatic heterocycles. The summed E-state index contributed by atoms with van der Waals surface area (Å²) in [5.74, 6) is -0.219. The molecule has 2 aromatic rings. The van der Waals surface area contributed by atoms with Crippen molar-refractivity contribution < 1.29 is 48.3 Å². The van der Waals surface area contributed by atoms with Gasteiger partial charge >= 0.3 is 11.9 Å². The first-order valence-electron chi connectivity index (χ1n) is 13.3. The largest absolute Gasteiger partial charge is 0.493 e. The fourth-order valence-electron chi connectivity index (χ4n) is 4.88. The minimum absolute atomic E-state index is 0.0397. The molecule has 0 aliphatic carbocycles. The molecule has 0 bridgehead atoms. The van der Waals surface area contributed by atoms with Crippen LogP contribution in [0.1, 0.15) is 54.4 Å². The molecule has 41 heavy (non-hydrogen) atoms. The van der Waals surface area contributed by atoms with E-state index in [4.69, 9.17) is 29.2 Å². The Balaban J connectivity index is 1.29. The van der Waals surface area contributed by atoms with E-state index in [0.29, 0.717) is 68.8 Å². The molecule has 12 heteroatoms. The second kappa shape index (κ2) is 13.2. The average molecular weight is 571 g/mol. The molecule has 220 valence electrons. The fourth-order valence-corrected chi connectivity index (χ4v) is 4.88. The van der Waals surface area contributed by atoms with E-state index in [1.807, 2.05) is 24.3 Å². The quantitative estimate of drug-likeness (QED) is 0.324. The standard InChI is InChI=1S/C29H34N2O10/c1-38-22-10-18-14-30(26(32)4-6-28(34)35)16-20(18)12-24(22)40-8-3-9-41-25-13-21-17-31(27(33)5-7-29(36)37)15-19(21)11-23(25)39-2/h10-13H,3-9,14-17H2,1-2H3,(H,34,35)(H,36,37). The van der Waals surface area contributed by atoms with E-state index in [-0.39, 0.29) is 37.5 Å². The second-order valence-corrected chi connectivity index (χ2v) is 9.88. The maximum atomic E-state index is 12.4. The van der Waals surface area contributed by atoms with Gasteiger partial charge < -0.3 is 39.0 Å². The highest BCUT2D eigenvalue weighted by atomic mass is 16.5. The van der Waals surface area contributed by atoms with Crippen molar-refractivity contribution in [1.82, 2.24) is 9.80 Å². The average Bonchev–Trinajstić information content (AvgIpc) is 3.56. The van der Waals surface area contributed by atoms with Crippen molar-refractivity contribution in [3.63, 3.8) is 0 Å². The highest BCUT2D eigenvalue weighted by molar-refractivity contribution is 5.82. The van der Waals surface area contributed by atoms with Crippen molar-refractivity contribution in [3.8, 4) is 23.0 Å². The van der Waals surface area contributed by atoms with Crippen molar-refractivity contribution in [2.75, 3.05) is 27.4 Å². The van der Waals surface area contributed by atoms with Crippen molar-refractivity contribution >= 4 is 23.8 Å². The van der Waals surface area contributed by atoms with E-state index in [1.54, 1.807) is 24.0 Å². The fraction of sp³-hybridized carbons (Fsp3) is 0.448. The lowest BCUT2D eigenvalue weighted by Gasteiger charge is -2.14. The van der Waals surface area contributed by atoms with E-state index in [0.717, 1.165) is 22.3 Å². The summed E-state index contributed by atoms with van der Waals surface area (Å²) in [4.78, 5) is 49.6. The van der Waals surface area contributed by atoms with Gasteiger partial charge in [-0.2, -0.15) is 0 Å². The zero-order valence-corrected chi connectivity index (χ0v) is 23.1. The molecule has 2 aromatic carbocycles. The number of carboxylic acids is 2. The van der Waals surface area contributed by atoms with Crippen LogP contribution in [-0.2, 0) is 45.4 Å². The van der Waals surface area contributed by atoms with Gasteiger partial charge in [0.15, 0.2) is 23.0 Å². The smallest absolute Gasteiger partial charge is 0.303 e. The van der Waals surface area contributed by atoms with Gasteiger partial charge in [0, 0.05) is 45.4 Å². The van der Waals surface area contributed by atoms with Crippen LogP contribution in [-0.4, -0.2) is 71.2 Å². The Morgan fingerprint density at radius 2 is 0.951 bits per heavy atom. The van der Waals surface area contributed by atoms with E-state index in [2.05, 4.69) is 0 Å². The number of methoxy groups -OCH3 is 2. The second-order valence-electron chi connectivity index (χ2n) is 9.88. The van der Waals surface area contributed by atoms with E-state index >= 15 is 0 Å². The van der Waals surface area contributed by atoms with Crippen LogP contribution in [0.5, 0.6) is 23.0 Å². The molecule has 0 unspecified atom stereocenters. The zero-order valence-electron chi connectivity index (χ0n) is 23.1. The zero-order chi connectivity index (χ0) is 29.5. The number of aliphatic carboxylic acids is 2. The number of fused-ring (bicyclic) bond motifs is 2. The lowest BCUT2D eigenvalue weighted by atomic mass is 10.1. The third-order valence-corrected chi connectivity index (χ3v) is 7.03. The molecule has 0 saturated heterocycles. The molecular weight excluding hydrogens is 536 g/mol. The predicted molar refractivity (Wildman–Crippen MR) is 144 cm³/mol. The van der Waals surface area contributed by atoms with Crippen LogP contribution in [0.2, 0.25) is 0 Å². The molecule has 2 amide bonds. The number of nitrogens with zero attached hydrogens (tertiary/aromatic N) is 2. The lowest BCUT2D eigenvalue weighted by Crippen LogP contribution is -2.25. The van der Waals surface area contributed by atoms with Gasteiger partial charge in [0.2, 0.25) is 11.8 Å². The van der Waals surface area contributed by atoms with Gasteiger partial charge in [-0.25, -0.2) is 0 Å². The molecule has 2 aliphatic rings. The number of hydrogen-bond donors (Lipinski definition) is 2. The summed E-state index contributed by atoms with van der Waals surface area (Å²) in [5.41, 5.74) is 3.73. The summed E-state index contributed by atoms with van der Waals surface area (Å²) in [5, 5.41) is 17.7. The molecule has 2 heterocycles. The molecule has 4 rings (SSSR count). The first-order valence-corrected chi connectivity index (χ1v) is 13.3. The molecule has 0 spiro atoms. The van der Waals surface area contributed by atoms with Crippen molar-refractivity contribution in [2.24, 2.45) is 0 Å². The number of hydrogen-bond acceptors (Lipinski definition) is 8. The van der Waals surface area contributed by atoms with Crippen molar-refractivity contribution in [1.29, 1.82) is 0 Å². The van der Waals surface area contributed by atoms with E-state index < -0.39 is 11.9 Å².